The number of carbonyl (C=O) groups is 1. The smallest absolute Gasteiger partial charge is 0.293 e. The third kappa shape index (κ3) is 2.47. The van der Waals surface area contributed by atoms with Crippen LogP contribution in [0.15, 0.2) is 42.5 Å². The molecule has 6 heteroatoms. The quantitative estimate of drug-likeness (QED) is 0.413. The van der Waals surface area contributed by atoms with Crippen LogP contribution in [0, 0.1) is 14.6 Å². The van der Waals surface area contributed by atoms with Crippen molar-refractivity contribution < 1.29 is 13.9 Å². The average Bonchev–Trinajstić information content (AvgIpc) is 2.56. The van der Waals surface area contributed by atoms with E-state index in [1.54, 1.807) is 37.4 Å². The summed E-state index contributed by atoms with van der Waals surface area (Å²) in [5, 5.41) is 12.5. The SMILES string of the molecule is CN1C(=O)C[N+]([O-])=C(c2ccccc2F)c2cc(I)ccc21. The fourth-order valence-corrected chi connectivity index (χ4v) is 2.99. The van der Waals surface area contributed by atoms with E-state index in [-0.39, 0.29) is 23.7 Å². The Hall–Kier alpha value is -1.96. The van der Waals surface area contributed by atoms with Crippen LogP contribution in [0.2, 0.25) is 0 Å². The molecule has 1 aliphatic rings. The average molecular weight is 410 g/mol. The molecule has 0 spiro atoms. The van der Waals surface area contributed by atoms with Crippen LogP contribution in [0.1, 0.15) is 11.1 Å². The number of anilines is 1. The number of rotatable bonds is 1. The zero-order valence-electron chi connectivity index (χ0n) is 11.7. The van der Waals surface area contributed by atoms with Gasteiger partial charge in [-0.25, -0.2) is 4.39 Å². The number of halogens is 2. The summed E-state index contributed by atoms with van der Waals surface area (Å²) in [6.45, 7) is -0.342. The minimum absolute atomic E-state index is 0.185. The van der Waals surface area contributed by atoms with Crippen molar-refractivity contribution in [3.05, 3.63) is 68.2 Å². The number of hydrogen-bond acceptors (Lipinski definition) is 2. The van der Waals surface area contributed by atoms with Crippen molar-refractivity contribution in [2.24, 2.45) is 0 Å². The van der Waals surface area contributed by atoms with Gasteiger partial charge in [0.05, 0.1) is 16.8 Å². The number of nitrogens with zero attached hydrogens (tertiary/aromatic N) is 2. The van der Waals surface area contributed by atoms with Crippen molar-refractivity contribution in [3.63, 3.8) is 0 Å². The van der Waals surface area contributed by atoms with Crippen LogP contribution in [-0.4, -0.2) is 30.0 Å². The highest BCUT2D eigenvalue weighted by Crippen LogP contribution is 2.28. The van der Waals surface area contributed by atoms with E-state index in [9.17, 15) is 14.4 Å². The zero-order chi connectivity index (χ0) is 15.9. The molecule has 2 aromatic carbocycles. The Morgan fingerprint density at radius 2 is 1.95 bits per heavy atom. The van der Waals surface area contributed by atoms with Gasteiger partial charge in [-0.3, -0.25) is 4.79 Å². The Morgan fingerprint density at radius 3 is 2.68 bits per heavy atom. The fourth-order valence-electron chi connectivity index (χ4n) is 2.50. The molecule has 3 rings (SSSR count). The number of amides is 1. The molecule has 0 bridgehead atoms. The van der Waals surface area contributed by atoms with Crippen molar-refractivity contribution in [3.8, 4) is 0 Å². The third-order valence-corrected chi connectivity index (χ3v) is 4.28. The lowest BCUT2D eigenvalue weighted by Crippen LogP contribution is -2.31. The maximum atomic E-state index is 14.2. The number of likely N-dealkylation sites (N-methyl/N-ethyl adjacent to an activating group) is 1. The van der Waals surface area contributed by atoms with Crippen LogP contribution in [0.4, 0.5) is 10.1 Å². The molecule has 0 saturated carbocycles. The van der Waals surface area contributed by atoms with Crippen LogP contribution < -0.4 is 4.90 Å². The summed E-state index contributed by atoms with van der Waals surface area (Å²) in [4.78, 5) is 13.5. The molecule has 4 nitrogen and oxygen atoms in total. The number of hydrogen-bond donors (Lipinski definition) is 0. The van der Waals surface area contributed by atoms with Gasteiger partial charge in [0, 0.05) is 10.6 Å². The van der Waals surface area contributed by atoms with Gasteiger partial charge in [-0.15, -0.1) is 0 Å². The van der Waals surface area contributed by atoms with Gasteiger partial charge in [0.25, 0.3) is 5.91 Å². The molecule has 1 aliphatic heterocycles. The Morgan fingerprint density at radius 1 is 1.23 bits per heavy atom. The normalized spacial score (nSPS) is 14.9. The van der Waals surface area contributed by atoms with Crippen LogP contribution in [0.5, 0.6) is 0 Å². The molecule has 1 amide bonds. The molecule has 0 aliphatic carbocycles. The second-order valence-corrected chi connectivity index (χ2v) is 6.22. The number of hydroxylamine groups is 1. The molecule has 0 radical (unpaired) electrons. The molecular weight excluding hydrogens is 398 g/mol. The first-order valence-corrected chi connectivity index (χ1v) is 7.70. The highest BCUT2D eigenvalue weighted by atomic mass is 127. The summed E-state index contributed by atoms with van der Waals surface area (Å²) < 4.78 is 15.7. The van der Waals surface area contributed by atoms with E-state index in [2.05, 4.69) is 22.6 Å². The predicted molar refractivity (Wildman–Crippen MR) is 90.7 cm³/mol. The van der Waals surface area contributed by atoms with Crippen molar-refractivity contribution >= 4 is 39.9 Å². The molecule has 22 heavy (non-hydrogen) atoms. The minimum Gasteiger partial charge on any atom is -0.623 e. The van der Waals surface area contributed by atoms with Gasteiger partial charge in [0.15, 0.2) is 0 Å². The molecular formula is C16H12FIN2O2. The van der Waals surface area contributed by atoms with Gasteiger partial charge in [0.2, 0.25) is 12.3 Å². The third-order valence-electron chi connectivity index (χ3n) is 3.61. The van der Waals surface area contributed by atoms with E-state index in [1.165, 1.54) is 11.0 Å². The van der Waals surface area contributed by atoms with Crippen LogP contribution in [0.3, 0.4) is 0 Å². The van der Waals surface area contributed by atoms with E-state index in [1.807, 2.05) is 6.07 Å². The molecule has 1 heterocycles. The Kier molecular flexibility index (Phi) is 3.86. The van der Waals surface area contributed by atoms with Crippen molar-refractivity contribution in [2.45, 2.75) is 0 Å². The first kappa shape index (κ1) is 15.0. The first-order valence-electron chi connectivity index (χ1n) is 6.62. The van der Waals surface area contributed by atoms with Crippen LogP contribution in [0.25, 0.3) is 0 Å². The van der Waals surface area contributed by atoms with Crippen LogP contribution in [-0.2, 0) is 4.79 Å². The topological polar surface area (TPSA) is 46.4 Å². The summed E-state index contributed by atoms with van der Waals surface area (Å²) in [6, 6.07) is 11.5. The van der Waals surface area contributed by atoms with E-state index in [0.29, 0.717) is 16.0 Å². The highest BCUT2D eigenvalue weighted by molar-refractivity contribution is 14.1. The summed E-state index contributed by atoms with van der Waals surface area (Å²) in [5.74, 6) is -0.816. The van der Waals surface area contributed by atoms with Crippen molar-refractivity contribution in [1.82, 2.24) is 0 Å². The molecule has 0 saturated heterocycles. The lowest BCUT2D eigenvalue weighted by Gasteiger charge is -2.16. The largest absolute Gasteiger partial charge is 0.623 e. The fraction of sp³-hybridized carbons (Fsp3) is 0.125. The maximum absolute atomic E-state index is 14.2. The lowest BCUT2D eigenvalue weighted by molar-refractivity contribution is -0.443. The molecule has 2 aromatic rings. The molecule has 0 fully saturated rings. The maximum Gasteiger partial charge on any atom is 0.293 e. The Labute approximate surface area is 140 Å². The number of carbonyl (C=O) groups excluding carboxylic acids is 1. The van der Waals surface area contributed by atoms with Crippen molar-refractivity contribution in [2.75, 3.05) is 18.5 Å². The molecule has 0 atom stereocenters. The second-order valence-electron chi connectivity index (χ2n) is 4.98. The Bertz CT molecular complexity index is 804. The monoisotopic (exact) mass is 410 g/mol. The number of benzodiazepines with no additional fused rings is 1. The van der Waals surface area contributed by atoms with Gasteiger partial charge >= 0.3 is 0 Å². The van der Waals surface area contributed by atoms with Gasteiger partial charge in [-0.05, 0) is 52.9 Å². The van der Waals surface area contributed by atoms with Gasteiger partial charge in [0.1, 0.15) is 5.82 Å². The second kappa shape index (κ2) is 5.68. The zero-order valence-corrected chi connectivity index (χ0v) is 13.9. The van der Waals surface area contributed by atoms with Crippen LogP contribution >= 0.6 is 22.6 Å². The standard InChI is InChI=1S/C16H12FIN2O2/c1-19-14-7-6-10(18)8-12(14)16(20(22)9-15(19)21)11-4-2-3-5-13(11)17/h2-8H,9H2,1H3. The predicted octanol–water partition coefficient (Wildman–Crippen LogP) is 2.75. The summed E-state index contributed by atoms with van der Waals surface area (Å²) in [5.41, 5.74) is 1.54. The van der Waals surface area contributed by atoms with E-state index in [4.69, 9.17) is 0 Å². The van der Waals surface area contributed by atoms with E-state index < -0.39 is 5.82 Å². The summed E-state index contributed by atoms with van der Waals surface area (Å²) in [7, 11) is 1.62. The minimum atomic E-state index is -0.486. The number of fused-ring (bicyclic) bond motifs is 1. The summed E-state index contributed by atoms with van der Waals surface area (Å²) >= 11 is 2.12. The van der Waals surface area contributed by atoms with Crippen molar-refractivity contribution in [1.29, 1.82) is 0 Å². The lowest BCUT2D eigenvalue weighted by atomic mass is 10.00. The molecule has 0 unspecified atom stereocenters. The molecule has 112 valence electrons. The Balaban J connectivity index is 2.34. The summed E-state index contributed by atoms with van der Waals surface area (Å²) in [6.07, 6.45) is 0. The van der Waals surface area contributed by atoms with Gasteiger partial charge in [-0.1, -0.05) is 12.1 Å². The van der Waals surface area contributed by atoms with Gasteiger partial charge < -0.3 is 10.1 Å². The highest BCUT2D eigenvalue weighted by Gasteiger charge is 2.31. The van der Waals surface area contributed by atoms with Gasteiger partial charge in [-0.2, -0.15) is 4.74 Å². The molecule has 0 aromatic heterocycles. The number of benzene rings is 2. The van der Waals surface area contributed by atoms with E-state index >= 15 is 0 Å². The first-order chi connectivity index (χ1) is 10.5. The van der Waals surface area contributed by atoms with E-state index in [0.717, 1.165) is 3.57 Å². The molecule has 0 N–H and O–H groups in total.